The number of hydrogen-bond acceptors (Lipinski definition) is 15. The number of azo groups is 1. The SMILES string of the molecule is CC1=NN(c2cc(Cl)c(S(=O)(=O)O)cc2Cl)C(=O)C1N=Nc1cc(Nc2nc(Cl)nc(Nc3ccc(S(=O)(=O)O)cc3)n2)ccc1S(=O)(=O)O.[Na]. The first-order chi connectivity index (χ1) is 23.2. The molecule has 19 nitrogen and oxygen atoms in total. The van der Waals surface area contributed by atoms with Crippen LogP contribution < -0.4 is 15.6 Å². The number of nitrogens with one attached hydrogen (secondary N) is 2. The van der Waals surface area contributed by atoms with E-state index in [0.717, 1.165) is 41.4 Å². The number of aromatic nitrogens is 3. The predicted molar refractivity (Wildman–Crippen MR) is 185 cm³/mol. The fourth-order valence-electron chi connectivity index (χ4n) is 4.18. The molecule has 1 aliphatic rings. The van der Waals surface area contributed by atoms with Crippen molar-refractivity contribution in [3.8, 4) is 0 Å². The fourth-order valence-corrected chi connectivity index (χ4v) is 6.76. The van der Waals surface area contributed by atoms with Crippen LogP contribution in [0.3, 0.4) is 0 Å². The van der Waals surface area contributed by atoms with Crippen LogP contribution in [0.25, 0.3) is 0 Å². The Kier molecular flexibility index (Phi) is 12.1. The van der Waals surface area contributed by atoms with E-state index in [1.54, 1.807) is 0 Å². The van der Waals surface area contributed by atoms with Gasteiger partial charge in [0.2, 0.25) is 17.2 Å². The second-order valence-electron chi connectivity index (χ2n) is 9.88. The Morgan fingerprint density at radius 3 is 1.88 bits per heavy atom. The van der Waals surface area contributed by atoms with Crippen molar-refractivity contribution in [3.63, 3.8) is 0 Å². The predicted octanol–water partition coefficient (Wildman–Crippen LogP) is 4.55. The minimum atomic E-state index is -4.87. The van der Waals surface area contributed by atoms with E-state index in [1.807, 2.05) is 0 Å². The molecule has 5 N–H and O–H groups in total. The number of nitrogens with zero attached hydrogens (tertiary/aromatic N) is 7. The van der Waals surface area contributed by atoms with Gasteiger partial charge in [0, 0.05) is 40.9 Å². The van der Waals surface area contributed by atoms with E-state index in [2.05, 4.69) is 40.9 Å². The largest absolute Gasteiger partial charge is 0.324 e. The molecule has 3 aromatic carbocycles. The van der Waals surface area contributed by atoms with Crippen LogP contribution in [0, 0.1) is 0 Å². The van der Waals surface area contributed by atoms with Crippen LogP contribution in [0.1, 0.15) is 6.92 Å². The quantitative estimate of drug-likeness (QED) is 0.0832. The standard InChI is InChI=1S/C25H18Cl3N9O10S3.Na/c1-11-21(22(38)37(36-11)18-9-16(27)20(10-15(18)26)50(45,46)47)35-34-17-8-13(4-7-19(17)49(42,43)44)30-25-32-23(28)31-24(33-25)29-12-2-5-14(6-3-12)48(39,40)41;/h2-10,21H,1H3,(H,39,40,41)(H,42,43,44)(H,45,46,47)(H2,29,30,31,32,33);. The van der Waals surface area contributed by atoms with Gasteiger partial charge >= 0.3 is 0 Å². The number of carbonyl (C=O) groups excluding carboxylic acids is 1. The summed E-state index contributed by atoms with van der Waals surface area (Å²) in [4.78, 5) is 23.5. The molecule has 51 heavy (non-hydrogen) atoms. The molecule has 26 heteroatoms. The first-order valence-electron chi connectivity index (χ1n) is 13.1. The average molecular weight is 830 g/mol. The van der Waals surface area contributed by atoms with Crippen molar-refractivity contribution in [1.82, 2.24) is 15.0 Å². The van der Waals surface area contributed by atoms with E-state index < -0.39 is 62.8 Å². The zero-order valence-electron chi connectivity index (χ0n) is 25.5. The maximum absolute atomic E-state index is 13.3. The molecule has 0 saturated heterocycles. The summed E-state index contributed by atoms with van der Waals surface area (Å²) in [5.74, 6) is -1.11. The van der Waals surface area contributed by atoms with Gasteiger partial charge in [-0.15, -0.1) is 0 Å². The van der Waals surface area contributed by atoms with Crippen molar-refractivity contribution in [2.75, 3.05) is 15.6 Å². The van der Waals surface area contributed by atoms with Crippen LogP contribution in [0.2, 0.25) is 15.3 Å². The molecule has 0 aliphatic carbocycles. The van der Waals surface area contributed by atoms with Crippen molar-refractivity contribution in [2.24, 2.45) is 15.3 Å². The molecule has 5 rings (SSSR count). The number of amides is 1. The van der Waals surface area contributed by atoms with Gasteiger partial charge in [-0.05, 0) is 73.1 Å². The van der Waals surface area contributed by atoms with Gasteiger partial charge in [0.1, 0.15) is 15.5 Å². The number of halogens is 3. The second kappa shape index (κ2) is 15.3. The fraction of sp³-hybridized carbons (Fsp3) is 0.0800. The van der Waals surface area contributed by atoms with Gasteiger partial charge in [0.15, 0.2) is 6.04 Å². The maximum atomic E-state index is 13.3. The topological polar surface area (TPSA) is 283 Å². The first-order valence-corrected chi connectivity index (χ1v) is 18.6. The Balaban J connectivity index is 0.00000583. The Hall–Kier alpha value is -3.39. The van der Waals surface area contributed by atoms with Crippen molar-refractivity contribution in [1.29, 1.82) is 0 Å². The van der Waals surface area contributed by atoms with Crippen molar-refractivity contribution >= 4 is 141 Å². The number of anilines is 5. The molecule has 1 amide bonds. The first kappa shape index (κ1) is 40.4. The molecule has 2 heterocycles. The molecule has 0 fully saturated rings. The molecular formula is C25H18Cl3N9NaO10S3. The van der Waals surface area contributed by atoms with Crippen LogP contribution >= 0.6 is 34.8 Å². The third-order valence-corrected chi connectivity index (χ3v) is 9.95. The third-order valence-electron chi connectivity index (χ3n) is 6.39. The number of benzene rings is 3. The molecule has 4 aromatic rings. The molecule has 1 aromatic heterocycles. The van der Waals surface area contributed by atoms with Crippen molar-refractivity contribution in [2.45, 2.75) is 27.7 Å². The summed E-state index contributed by atoms with van der Waals surface area (Å²) in [5, 5.41) is 17.1. The number of hydrogen-bond donors (Lipinski definition) is 5. The monoisotopic (exact) mass is 828 g/mol. The van der Waals surface area contributed by atoms with E-state index in [4.69, 9.17) is 39.4 Å². The van der Waals surface area contributed by atoms with Gasteiger partial charge in [-0.3, -0.25) is 18.5 Å². The summed E-state index contributed by atoms with van der Waals surface area (Å²) < 4.78 is 98.3. The Labute approximate surface area is 325 Å². The molecule has 1 aliphatic heterocycles. The smallest absolute Gasteiger partial charge is 0.296 e. The third kappa shape index (κ3) is 9.54. The van der Waals surface area contributed by atoms with E-state index in [-0.39, 0.29) is 73.7 Å². The summed E-state index contributed by atoms with van der Waals surface area (Å²) in [5.41, 5.74) is -0.129. The van der Waals surface area contributed by atoms with Crippen LogP contribution in [0.5, 0.6) is 0 Å². The number of carbonyl (C=O) groups is 1. The van der Waals surface area contributed by atoms with E-state index in [9.17, 15) is 39.2 Å². The van der Waals surface area contributed by atoms with Gasteiger partial charge in [0.25, 0.3) is 36.3 Å². The average Bonchev–Trinajstić information content (AvgIpc) is 3.27. The van der Waals surface area contributed by atoms with Crippen LogP contribution in [-0.4, -0.2) is 101 Å². The summed E-state index contributed by atoms with van der Waals surface area (Å²) in [7, 11) is -14.0. The Morgan fingerprint density at radius 2 is 1.31 bits per heavy atom. The molecule has 1 radical (unpaired) electrons. The molecular weight excluding hydrogens is 812 g/mol. The molecule has 263 valence electrons. The number of hydrazone groups is 1. The van der Waals surface area contributed by atoms with E-state index in [1.165, 1.54) is 25.1 Å². The van der Waals surface area contributed by atoms with Crippen molar-refractivity contribution < 1.29 is 43.7 Å². The van der Waals surface area contributed by atoms with Crippen LogP contribution in [0.15, 0.2) is 84.6 Å². The summed E-state index contributed by atoms with van der Waals surface area (Å²) in [6.07, 6.45) is 0. The zero-order chi connectivity index (χ0) is 36.8. The Bertz CT molecular complexity index is 2460. The van der Waals surface area contributed by atoms with Gasteiger partial charge in [-0.25, -0.2) is 0 Å². The molecule has 1 atom stereocenters. The van der Waals surface area contributed by atoms with Gasteiger partial charge in [-0.1, -0.05) is 23.2 Å². The molecule has 0 bridgehead atoms. The van der Waals surface area contributed by atoms with Gasteiger partial charge < -0.3 is 10.6 Å². The Morgan fingerprint density at radius 1 is 0.745 bits per heavy atom. The molecule has 0 saturated carbocycles. The van der Waals surface area contributed by atoms with Crippen molar-refractivity contribution in [3.05, 3.63) is 69.9 Å². The summed E-state index contributed by atoms with van der Waals surface area (Å²) >= 11 is 18.2. The minimum Gasteiger partial charge on any atom is -0.324 e. The molecule has 0 spiro atoms. The second-order valence-corrected chi connectivity index (χ2v) is 15.2. The summed E-state index contributed by atoms with van der Waals surface area (Å²) in [6.45, 7) is 1.39. The molecule has 1 unspecified atom stereocenters. The van der Waals surface area contributed by atoms with Gasteiger partial charge in [0.05, 0.1) is 26.3 Å². The maximum Gasteiger partial charge on any atom is 0.296 e. The number of rotatable bonds is 10. The van der Waals surface area contributed by atoms with E-state index in [0.29, 0.717) is 5.69 Å². The van der Waals surface area contributed by atoms with Gasteiger partial charge in [-0.2, -0.15) is 60.5 Å². The normalized spacial score (nSPS) is 15.1. The van der Waals surface area contributed by atoms with Crippen LogP contribution in [-0.2, 0) is 35.1 Å². The van der Waals surface area contributed by atoms with E-state index >= 15 is 0 Å². The van der Waals surface area contributed by atoms with Crippen LogP contribution in [0.4, 0.5) is 34.6 Å². The zero-order valence-corrected chi connectivity index (χ0v) is 32.2. The minimum absolute atomic E-state index is 0. The summed E-state index contributed by atoms with van der Waals surface area (Å²) in [6, 6.07) is 8.61.